The third-order valence-corrected chi connectivity index (χ3v) is 5.69. The summed E-state index contributed by atoms with van der Waals surface area (Å²) in [7, 11) is 0. The molecule has 0 radical (unpaired) electrons. The average Bonchev–Trinajstić information content (AvgIpc) is 2.87. The number of carbonyl (C=O) groups is 2. The van der Waals surface area contributed by atoms with Gasteiger partial charge in [0, 0.05) is 69.4 Å². The van der Waals surface area contributed by atoms with Crippen molar-refractivity contribution in [2.24, 2.45) is 0 Å². The Kier molecular flexibility index (Phi) is 16.2. The van der Waals surface area contributed by atoms with Crippen molar-refractivity contribution in [3.05, 3.63) is 42.0 Å². The lowest BCUT2D eigenvalue weighted by atomic mass is 10.1. The molecule has 10 heteroatoms. The standard InChI is InChI=1S/C28H48ClN5O4/c1-22(2)26(36)34-20-27(3,4)38-21-28(5,6)37-18-11-25(35)33-17-16-30-14-15-31-19-23-7-9-24(10-8-23)32-13-12-29/h7-10,30-32H,1,11-21H2,2-6H3,(H,33,35)(H,34,36). The topological polar surface area (TPSA) is 113 Å². The van der Waals surface area contributed by atoms with E-state index in [1.54, 1.807) is 6.92 Å². The first kappa shape index (κ1) is 33.9. The summed E-state index contributed by atoms with van der Waals surface area (Å²) in [4.78, 5) is 23.8. The molecule has 0 aliphatic rings. The number of rotatable bonds is 21. The molecule has 0 saturated heterocycles. The van der Waals surface area contributed by atoms with Crippen LogP contribution >= 0.6 is 11.6 Å². The minimum atomic E-state index is -0.562. The number of anilines is 1. The molecule has 0 bridgehead atoms. The van der Waals surface area contributed by atoms with Gasteiger partial charge in [-0.15, -0.1) is 11.6 Å². The predicted molar refractivity (Wildman–Crippen MR) is 156 cm³/mol. The van der Waals surface area contributed by atoms with Gasteiger partial charge in [-0.05, 0) is 52.3 Å². The molecule has 0 aliphatic heterocycles. The lowest BCUT2D eigenvalue weighted by Gasteiger charge is -2.32. The van der Waals surface area contributed by atoms with E-state index in [1.807, 2.05) is 27.7 Å². The maximum atomic E-state index is 12.1. The van der Waals surface area contributed by atoms with E-state index in [9.17, 15) is 9.59 Å². The van der Waals surface area contributed by atoms with Crippen molar-refractivity contribution in [2.45, 2.75) is 58.8 Å². The molecule has 216 valence electrons. The predicted octanol–water partition coefficient (Wildman–Crippen LogP) is 2.81. The van der Waals surface area contributed by atoms with E-state index >= 15 is 0 Å². The number of amides is 2. The Labute approximate surface area is 233 Å². The third-order valence-electron chi connectivity index (χ3n) is 5.50. The summed E-state index contributed by atoms with van der Waals surface area (Å²) in [5.74, 6) is 0.348. The van der Waals surface area contributed by atoms with Crippen molar-refractivity contribution in [3.63, 3.8) is 0 Å². The van der Waals surface area contributed by atoms with Crippen LogP contribution in [0, 0.1) is 0 Å². The number of benzene rings is 1. The second kappa shape index (κ2) is 18.2. The SMILES string of the molecule is C=C(C)C(=O)NCC(C)(C)OCC(C)(C)OCCC(=O)NCCNCCNCc1ccc(NCCCl)cc1. The molecule has 0 spiro atoms. The highest BCUT2D eigenvalue weighted by Crippen LogP contribution is 2.16. The van der Waals surface area contributed by atoms with Crippen molar-refractivity contribution >= 4 is 29.1 Å². The van der Waals surface area contributed by atoms with Gasteiger partial charge in [0.05, 0.1) is 24.4 Å². The number of alkyl halides is 1. The zero-order valence-electron chi connectivity index (χ0n) is 23.8. The molecule has 0 unspecified atom stereocenters. The van der Waals surface area contributed by atoms with Crippen LogP contribution < -0.4 is 26.6 Å². The molecule has 1 rings (SSSR count). The molecule has 0 aliphatic carbocycles. The van der Waals surface area contributed by atoms with Crippen molar-refractivity contribution < 1.29 is 19.1 Å². The van der Waals surface area contributed by atoms with Gasteiger partial charge < -0.3 is 36.1 Å². The number of ether oxygens (including phenoxy) is 2. The fraction of sp³-hybridized carbons (Fsp3) is 0.643. The molecular formula is C28H48ClN5O4. The van der Waals surface area contributed by atoms with Crippen molar-refractivity contribution in [1.29, 1.82) is 0 Å². The highest BCUT2D eigenvalue weighted by molar-refractivity contribution is 6.18. The maximum absolute atomic E-state index is 12.1. The monoisotopic (exact) mass is 553 g/mol. The van der Waals surface area contributed by atoms with Crippen LogP contribution in [0.25, 0.3) is 0 Å². The van der Waals surface area contributed by atoms with Crippen LogP contribution in [0.1, 0.15) is 46.6 Å². The number of hydrogen-bond donors (Lipinski definition) is 5. The Morgan fingerprint density at radius 3 is 2.21 bits per heavy atom. The summed E-state index contributed by atoms with van der Waals surface area (Å²) in [5, 5.41) is 15.7. The van der Waals surface area contributed by atoms with Crippen LogP contribution in [0.15, 0.2) is 36.4 Å². The highest BCUT2D eigenvalue weighted by Gasteiger charge is 2.26. The molecule has 5 N–H and O–H groups in total. The molecule has 1 aromatic carbocycles. The number of hydrogen-bond acceptors (Lipinski definition) is 7. The van der Waals surface area contributed by atoms with Crippen LogP contribution in [0.2, 0.25) is 0 Å². The Morgan fingerprint density at radius 1 is 0.895 bits per heavy atom. The summed E-state index contributed by atoms with van der Waals surface area (Å²) >= 11 is 5.69. The van der Waals surface area contributed by atoms with Crippen LogP contribution in [0.4, 0.5) is 5.69 Å². The second-order valence-corrected chi connectivity index (χ2v) is 10.8. The first-order valence-corrected chi connectivity index (χ1v) is 13.8. The minimum Gasteiger partial charge on any atom is -0.384 e. The van der Waals surface area contributed by atoms with Crippen LogP contribution in [0.5, 0.6) is 0 Å². The Balaban J connectivity index is 2.07. The number of halogens is 1. The number of carbonyl (C=O) groups excluding carboxylic acids is 2. The molecule has 0 fully saturated rings. The van der Waals surface area contributed by atoms with E-state index in [2.05, 4.69) is 57.4 Å². The largest absolute Gasteiger partial charge is 0.384 e. The molecule has 0 atom stereocenters. The van der Waals surface area contributed by atoms with E-state index in [-0.39, 0.29) is 18.2 Å². The fourth-order valence-corrected chi connectivity index (χ4v) is 3.27. The zero-order valence-corrected chi connectivity index (χ0v) is 24.6. The zero-order chi connectivity index (χ0) is 28.4. The maximum Gasteiger partial charge on any atom is 0.246 e. The Morgan fingerprint density at radius 2 is 1.55 bits per heavy atom. The van der Waals surface area contributed by atoms with Crippen molar-refractivity contribution in [3.8, 4) is 0 Å². The van der Waals surface area contributed by atoms with Gasteiger partial charge in [-0.25, -0.2) is 0 Å². The van der Waals surface area contributed by atoms with E-state index < -0.39 is 11.2 Å². The second-order valence-electron chi connectivity index (χ2n) is 10.5. The first-order valence-electron chi connectivity index (χ1n) is 13.2. The van der Waals surface area contributed by atoms with Gasteiger partial charge in [-0.2, -0.15) is 0 Å². The van der Waals surface area contributed by atoms with Gasteiger partial charge in [-0.3, -0.25) is 9.59 Å². The molecule has 38 heavy (non-hydrogen) atoms. The van der Waals surface area contributed by atoms with Gasteiger partial charge in [0.25, 0.3) is 0 Å². The summed E-state index contributed by atoms with van der Waals surface area (Å²) < 4.78 is 11.8. The summed E-state index contributed by atoms with van der Waals surface area (Å²) in [6.07, 6.45) is 0.281. The Bertz CT molecular complexity index is 846. The summed E-state index contributed by atoms with van der Waals surface area (Å²) in [5.41, 5.74) is 1.64. The molecule has 2 amide bonds. The van der Waals surface area contributed by atoms with E-state index in [0.717, 1.165) is 31.9 Å². The van der Waals surface area contributed by atoms with Crippen molar-refractivity contribution in [2.75, 3.05) is 63.7 Å². The van der Waals surface area contributed by atoms with Gasteiger partial charge in [0.15, 0.2) is 0 Å². The van der Waals surface area contributed by atoms with E-state index in [0.29, 0.717) is 44.3 Å². The summed E-state index contributed by atoms with van der Waals surface area (Å²) in [6, 6.07) is 8.30. The normalized spacial score (nSPS) is 11.7. The fourth-order valence-electron chi connectivity index (χ4n) is 3.17. The van der Waals surface area contributed by atoms with Gasteiger partial charge in [0.1, 0.15) is 0 Å². The van der Waals surface area contributed by atoms with Gasteiger partial charge in [-0.1, -0.05) is 18.7 Å². The lowest BCUT2D eigenvalue weighted by molar-refractivity contribution is -0.132. The quantitative estimate of drug-likeness (QED) is 0.0904. The average molecular weight is 554 g/mol. The minimum absolute atomic E-state index is 0.0477. The van der Waals surface area contributed by atoms with Crippen molar-refractivity contribution in [1.82, 2.24) is 21.3 Å². The third kappa shape index (κ3) is 16.6. The first-order chi connectivity index (χ1) is 17.9. The highest BCUT2D eigenvalue weighted by atomic mass is 35.5. The molecule has 9 nitrogen and oxygen atoms in total. The molecule has 1 aromatic rings. The molecule has 0 aromatic heterocycles. The van der Waals surface area contributed by atoms with Crippen LogP contribution in [-0.4, -0.2) is 81.4 Å². The number of nitrogens with one attached hydrogen (secondary N) is 5. The van der Waals surface area contributed by atoms with E-state index in [1.165, 1.54) is 5.56 Å². The lowest BCUT2D eigenvalue weighted by Crippen LogP contribution is -2.44. The van der Waals surface area contributed by atoms with Crippen LogP contribution in [-0.2, 0) is 25.6 Å². The van der Waals surface area contributed by atoms with E-state index in [4.69, 9.17) is 21.1 Å². The molecule has 0 heterocycles. The van der Waals surface area contributed by atoms with Gasteiger partial charge in [0.2, 0.25) is 11.8 Å². The molecular weight excluding hydrogens is 506 g/mol. The summed E-state index contributed by atoms with van der Waals surface area (Å²) in [6.45, 7) is 18.4. The van der Waals surface area contributed by atoms with Crippen LogP contribution in [0.3, 0.4) is 0 Å². The van der Waals surface area contributed by atoms with Gasteiger partial charge >= 0.3 is 0 Å². The molecule has 0 saturated carbocycles. The smallest absolute Gasteiger partial charge is 0.246 e. The Hall–Kier alpha value is -2.17.